The maximum absolute atomic E-state index is 11.2. The highest BCUT2D eigenvalue weighted by Gasteiger charge is 2.09. The van der Waals surface area contributed by atoms with E-state index in [0.29, 0.717) is 5.69 Å². The second-order valence-electron chi connectivity index (χ2n) is 3.62. The van der Waals surface area contributed by atoms with Crippen molar-refractivity contribution in [2.45, 2.75) is 6.92 Å². The first-order chi connectivity index (χ1) is 8.24. The van der Waals surface area contributed by atoms with Gasteiger partial charge >= 0.3 is 0 Å². The third-order valence-electron chi connectivity index (χ3n) is 2.41. The van der Waals surface area contributed by atoms with Gasteiger partial charge in [0.15, 0.2) is 5.78 Å². The van der Waals surface area contributed by atoms with Crippen LogP contribution in [0.15, 0.2) is 29.1 Å². The lowest BCUT2D eigenvalue weighted by atomic mass is 10.3. The number of fused-ring (bicyclic) bond motifs is 1. The number of carbonyl (C=O) groups is 1. The van der Waals surface area contributed by atoms with Crippen molar-refractivity contribution in [3.8, 4) is 10.6 Å². The van der Waals surface area contributed by atoms with Crippen molar-refractivity contribution >= 4 is 38.7 Å². The number of carbonyl (C=O) groups excluding carboxylic acids is 1. The van der Waals surface area contributed by atoms with Crippen LogP contribution in [0, 0.1) is 0 Å². The van der Waals surface area contributed by atoms with Gasteiger partial charge in [0, 0.05) is 24.1 Å². The van der Waals surface area contributed by atoms with Crippen molar-refractivity contribution in [3.05, 3.63) is 34.8 Å². The molecule has 0 fully saturated rings. The maximum atomic E-state index is 11.2. The number of ketones is 1. The van der Waals surface area contributed by atoms with Gasteiger partial charge in [-0.2, -0.15) is 0 Å². The van der Waals surface area contributed by atoms with Crippen LogP contribution in [-0.2, 0) is 0 Å². The normalized spacial score (nSPS) is 10.9. The Kier molecular flexibility index (Phi) is 2.49. The Morgan fingerprint density at radius 3 is 3.00 bits per heavy atom. The molecule has 3 rings (SSSR count). The van der Waals surface area contributed by atoms with E-state index in [1.165, 1.54) is 18.3 Å². The molecule has 0 saturated carbocycles. The molecule has 0 unspecified atom stereocenters. The fourth-order valence-corrected chi connectivity index (χ4v) is 3.15. The first kappa shape index (κ1) is 10.6. The number of thiazole rings is 1. The van der Waals surface area contributed by atoms with E-state index in [1.807, 2.05) is 11.4 Å². The summed E-state index contributed by atoms with van der Waals surface area (Å²) in [5, 5.41) is 4.65. The van der Waals surface area contributed by atoms with Gasteiger partial charge in [0.2, 0.25) is 0 Å². The lowest BCUT2D eigenvalue weighted by molar-refractivity contribution is 0.101. The van der Waals surface area contributed by atoms with E-state index in [1.54, 1.807) is 22.9 Å². The molecule has 3 aromatic heterocycles. The number of aromatic nitrogens is 2. The van der Waals surface area contributed by atoms with Gasteiger partial charge in [-0.3, -0.25) is 9.78 Å². The third-order valence-corrected chi connectivity index (χ3v) is 4.16. The van der Waals surface area contributed by atoms with E-state index < -0.39 is 0 Å². The Balaban J connectivity index is 2.09. The zero-order valence-corrected chi connectivity index (χ0v) is 10.6. The molecule has 0 aliphatic heterocycles. The van der Waals surface area contributed by atoms with Crippen LogP contribution >= 0.6 is 22.7 Å². The predicted octanol–water partition coefficient (Wildman–Crippen LogP) is 3.62. The summed E-state index contributed by atoms with van der Waals surface area (Å²) < 4.78 is 1.14. The molecule has 0 N–H and O–H groups in total. The summed E-state index contributed by atoms with van der Waals surface area (Å²) in [5.41, 5.74) is 2.50. The molecule has 0 aromatic carbocycles. The standard InChI is InChI=1S/C12H8N2OS2/c1-7(15)10-6-17-12(14-10)8-4-11-9(13-5-8)2-3-16-11/h2-6H,1H3. The Labute approximate surface area is 106 Å². The number of rotatable bonds is 2. The second-order valence-corrected chi connectivity index (χ2v) is 5.43. The van der Waals surface area contributed by atoms with E-state index in [9.17, 15) is 4.79 Å². The van der Waals surface area contributed by atoms with Crippen LogP contribution in [0.5, 0.6) is 0 Å². The van der Waals surface area contributed by atoms with E-state index >= 15 is 0 Å². The second kappa shape index (κ2) is 4.01. The van der Waals surface area contributed by atoms with Gasteiger partial charge in [-0.15, -0.1) is 22.7 Å². The minimum absolute atomic E-state index is 0.00217. The van der Waals surface area contributed by atoms with Gasteiger partial charge in [-0.1, -0.05) is 0 Å². The van der Waals surface area contributed by atoms with Gasteiger partial charge in [0.1, 0.15) is 10.7 Å². The minimum atomic E-state index is -0.00217. The fraction of sp³-hybridized carbons (Fsp3) is 0.0833. The van der Waals surface area contributed by atoms with Crippen LogP contribution in [-0.4, -0.2) is 15.8 Å². The SMILES string of the molecule is CC(=O)c1csc(-c2cnc3ccsc3c2)n1. The minimum Gasteiger partial charge on any atom is -0.293 e. The van der Waals surface area contributed by atoms with Crippen molar-refractivity contribution < 1.29 is 4.79 Å². The Morgan fingerprint density at radius 1 is 1.35 bits per heavy atom. The van der Waals surface area contributed by atoms with Gasteiger partial charge in [-0.05, 0) is 17.5 Å². The van der Waals surface area contributed by atoms with E-state index in [-0.39, 0.29) is 5.78 Å². The highest BCUT2D eigenvalue weighted by atomic mass is 32.1. The van der Waals surface area contributed by atoms with Crippen LogP contribution in [0.2, 0.25) is 0 Å². The molecule has 3 nitrogen and oxygen atoms in total. The lowest BCUT2D eigenvalue weighted by Gasteiger charge is -1.95. The van der Waals surface area contributed by atoms with Crippen LogP contribution < -0.4 is 0 Å². The van der Waals surface area contributed by atoms with Gasteiger partial charge in [0.25, 0.3) is 0 Å². The van der Waals surface area contributed by atoms with Crippen molar-refractivity contribution in [3.63, 3.8) is 0 Å². The average Bonchev–Trinajstić information content (AvgIpc) is 2.97. The zero-order valence-electron chi connectivity index (χ0n) is 9.01. The van der Waals surface area contributed by atoms with Crippen LogP contribution in [0.25, 0.3) is 20.8 Å². The summed E-state index contributed by atoms with van der Waals surface area (Å²) in [6.45, 7) is 1.53. The quantitative estimate of drug-likeness (QED) is 0.661. The highest BCUT2D eigenvalue weighted by Crippen LogP contribution is 2.28. The number of hydrogen-bond donors (Lipinski definition) is 0. The first-order valence-electron chi connectivity index (χ1n) is 5.04. The molecule has 0 amide bonds. The van der Waals surface area contributed by atoms with Crippen LogP contribution in [0.4, 0.5) is 0 Å². The van der Waals surface area contributed by atoms with E-state index in [0.717, 1.165) is 20.8 Å². The molecule has 0 saturated heterocycles. The van der Waals surface area contributed by atoms with Crippen LogP contribution in [0.3, 0.4) is 0 Å². The fourth-order valence-electron chi connectivity index (χ4n) is 1.53. The highest BCUT2D eigenvalue weighted by molar-refractivity contribution is 7.17. The van der Waals surface area contributed by atoms with Gasteiger partial charge in [-0.25, -0.2) is 4.98 Å². The molecule has 3 heterocycles. The molecule has 0 aliphatic carbocycles. The molecule has 0 spiro atoms. The average molecular weight is 260 g/mol. The monoisotopic (exact) mass is 260 g/mol. The topological polar surface area (TPSA) is 42.9 Å². The van der Waals surface area contributed by atoms with E-state index in [4.69, 9.17) is 0 Å². The molecule has 3 aromatic rings. The van der Waals surface area contributed by atoms with Gasteiger partial charge < -0.3 is 0 Å². The number of hydrogen-bond acceptors (Lipinski definition) is 5. The zero-order chi connectivity index (χ0) is 11.8. The number of nitrogens with zero attached hydrogens (tertiary/aromatic N) is 2. The third kappa shape index (κ3) is 1.87. The summed E-state index contributed by atoms with van der Waals surface area (Å²) >= 11 is 3.13. The van der Waals surface area contributed by atoms with Crippen molar-refractivity contribution in [1.82, 2.24) is 9.97 Å². The Bertz CT molecular complexity index is 699. The molecule has 0 atom stereocenters. The first-order valence-corrected chi connectivity index (χ1v) is 6.80. The summed E-state index contributed by atoms with van der Waals surface area (Å²) in [6, 6.07) is 4.06. The molecular formula is C12H8N2OS2. The van der Waals surface area contributed by atoms with Gasteiger partial charge in [0.05, 0.1) is 10.2 Å². The largest absolute Gasteiger partial charge is 0.293 e. The van der Waals surface area contributed by atoms with Crippen molar-refractivity contribution in [1.29, 1.82) is 0 Å². The molecule has 17 heavy (non-hydrogen) atoms. The molecule has 84 valence electrons. The molecule has 5 heteroatoms. The predicted molar refractivity (Wildman–Crippen MR) is 70.7 cm³/mol. The number of thiophene rings is 1. The lowest BCUT2D eigenvalue weighted by Crippen LogP contribution is -1.91. The summed E-state index contributed by atoms with van der Waals surface area (Å²) in [5.74, 6) is -0.00217. The molecule has 0 radical (unpaired) electrons. The van der Waals surface area contributed by atoms with Crippen molar-refractivity contribution in [2.24, 2.45) is 0 Å². The molecular weight excluding hydrogens is 252 g/mol. The number of pyridine rings is 1. The smallest absolute Gasteiger partial charge is 0.178 e. The van der Waals surface area contributed by atoms with Crippen LogP contribution in [0.1, 0.15) is 17.4 Å². The molecule has 0 aliphatic rings. The van der Waals surface area contributed by atoms with Crippen molar-refractivity contribution in [2.75, 3.05) is 0 Å². The summed E-state index contributed by atoms with van der Waals surface area (Å²) in [4.78, 5) is 19.9. The number of Topliss-reactive ketones (excluding diaryl/α,β-unsaturated/α-hetero) is 1. The maximum Gasteiger partial charge on any atom is 0.178 e. The summed E-state index contributed by atoms with van der Waals surface area (Å²) in [7, 11) is 0. The summed E-state index contributed by atoms with van der Waals surface area (Å²) in [6.07, 6.45) is 1.80. The molecule has 0 bridgehead atoms. The van der Waals surface area contributed by atoms with E-state index in [2.05, 4.69) is 16.0 Å². The Morgan fingerprint density at radius 2 is 2.24 bits per heavy atom. The Hall–Kier alpha value is -1.59.